The highest BCUT2D eigenvalue weighted by Crippen LogP contribution is 2.54. The third-order valence-corrected chi connectivity index (χ3v) is 9.54. The van der Waals surface area contributed by atoms with Crippen molar-refractivity contribution >= 4 is 52.2 Å². The van der Waals surface area contributed by atoms with E-state index < -0.39 is 16.6 Å². The zero-order valence-corrected chi connectivity index (χ0v) is 21.5. The molecular formula is C26H25N3O4S2. The van der Waals surface area contributed by atoms with E-state index in [-0.39, 0.29) is 29.1 Å². The molecule has 5 rings (SSSR count). The van der Waals surface area contributed by atoms with Gasteiger partial charge in [0.2, 0.25) is 17.7 Å². The third kappa shape index (κ3) is 3.83. The Bertz CT molecular complexity index is 1420. The van der Waals surface area contributed by atoms with Gasteiger partial charge in [0, 0.05) is 16.0 Å². The monoisotopic (exact) mass is 507 g/mol. The van der Waals surface area contributed by atoms with Crippen LogP contribution in [0.1, 0.15) is 29.9 Å². The number of thioether (sulfide) groups is 1. The molecule has 0 spiro atoms. The largest absolute Gasteiger partial charge is 0.324 e. The minimum Gasteiger partial charge on any atom is -0.324 e. The highest BCUT2D eigenvalue weighted by atomic mass is 32.2. The van der Waals surface area contributed by atoms with Gasteiger partial charge < -0.3 is 5.32 Å². The van der Waals surface area contributed by atoms with Crippen molar-refractivity contribution in [1.82, 2.24) is 4.57 Å². The minimum atomic E-state index is -0.737. The maximum atomic E-state index is 13.5. The number of nitrogens with zero attached hydrogens (tertiary/aromatic N) is 2. The summed E-state index contributed by atoms with van der Waals surface area (Å²) >= 11 is 2.27. The Kier molecular flexibility index (Phi) is 5.72. The SMILES string of the molecule is Cc1ccc(N2C(=O)C3Sc4c(sc(=O)n4CC(=O)Nc4ccccc4C)C(C)(C)C3C2=O)cc1. The Hall–Kier alpha value is -3.17. The maximum absolute atomic E-state index is 13.5. The zero-order valence-electron chi connectivity index (χ0n) is 19.8. The number of benzene rings is 2. The standard InChI is InChI=1S/C26H25N3O4S2/c1-14-9-11-16(12-10-14)29-22(31)19-20(23(29)32)34-24-21(26(19,3)4)35-25(33)28(24)13-18(30)27-17-8-6-5-7-15(17)2/h5-12,19-20H,13H2,1-4H3,(H,27,30). The molecule has 2 aromatic carbocycles. The quantitative estimate of drug-likeness (QED) is 0.537. The van der Waals surface area contributed by atoms with Crippen molar-refractivity contribution in [2.24, 2.45) is 5.92 Å². The predicted molar refractivity (Wildman–Crippen MR) is 138 cm³/mol. The second-order valence-corrected chi connectivity index (χ2v) is 11.6. The van der Waals surface area contributed by atoms with E-state index in [0.29, 0.717) is 16.4 Å². The Morgan fingerprint density at radius 3 is 2.37 bits per heavy atom. The first kappa shape index (κ1) is 23.6. The molecule has 2 atom stereocenters. The van der Waals surface area contributed by atoms with E-state index in [1.54, 1.807) is 12.1 Å². The van der Waals surface area contributed by atoms with Gasteiger partial charge in [0.05, 0.1) is 16.6 Å². The van der Waals surface area contributed by atoms with Crippen molar-refractivity contribution < 1.29 is 14.4 Å². The third-order valence-electron chi connectivity index (χ3n) is 6.72. The molecule has 180 valence electrons. The number of thiazole rings is 1. The molecule has 1 saturated heterocycles. The van der Waals surface area contributed by atoms with Crippen LogP contribution in [0.2, 0.25) is 0 Å². The molecule has 35 heavy (non-hydrogen) atoms. The summed E-state index contributed by atoms with van der Waals surface area (Å²) in [6, 6.07) is 14.7. The van der Waals surface area contributed by atoms with Crippen LogP contribution in [0, 0.1) is 19.8 Å². The second-order valence-electron chi connectivity index (χ2n) is 9.54. The Balaban J connectivity index is 1.48. The van der Waals surface area contributed by atoms with E-state index in [1.807, 2.05) is 64.1 Å². The fraction of sp³-hybridized carbons (Fsp3) is 0.308. The van der Waals surface area contributed by atoms with Crippen LogP contribution in [0.4, 0.5) is 11.4 Å². The normalized spacial score (nSPS) is 20.5. The van der Waals surface area contributed by atoms with E-state index >= 15 is 0 Å². The molecule has 0 aliphatic carbocycles. The van der Waals surface area contributed by atoms with Gasteiger partial charge >= 0.3 is 4.87 Å². The molecule has 0 bridgehead atoms. The first-order chi connectivity index (χ1) is 16.6. The molecule has 0 saturated carbocycles. The van der Waals surface area contributed by atoms with Crippen LogP contribution in [0.25, 0.3) is 0 Å². The molecule has 0 radical (unpaired) electrons. The smallest absolute Gasteiger partial charge is 0.308 e. The molecular weight excluding hydrogens is 482 g/mol. The molecule has 1 fully saturated rings. The maximum Gasteiger partial charge on any atom is 0.308 e. The number of anilines is 2. The van der Waals surface area contributed by atoms with Crippen molar-refractivity contribution in [3.05, 3.63) is 74.2 Å². The van der Waals surface area contributed by atoms with Gasteiger partial charge in [-0.25, -0.2) is 4.90 Å². The van der Waals surface area contributed by atoms with Gasteiger partial charge in [-0.2, -0.15) is 0 Å². The van der Waals surface area contributed by atoms with Crippen LogP contribution in [0.5, 0.6) is 0 Å². The molecule has 7 nitrogen and oxygen atoms in total. The number of carbonyl (C=O) groups excluding carboxylic acids is 3. The van der Waals surface area contributed by atoms with Crippen molar-refractivity contribution in [3.63, 3.8) is 0 Å². The Labute approximate surface area is 211 Å². The first-order valence-corrected chi connectivity index (χ1v) is 13.0. The lowest BCUT2D eigenvalue weighted by Gasteiger charge is -2.36. The summed E-state index contributed by atoms with van der Waals surface area (Å²) in [4.78, 5) is 54.5. The molecule has 2 aliphatic rings. The van der Waals surface area contributed by atoms with Crippen molar-refractivity contribution in [2.75, 3.05) is 10.2 Å². The second kappa shape index (κ2) is 8.49. The number of carbonyl (C=O) groups is 3. The lowest BCUT2D eigenvalue weighted by Crippen LogP contribution is -2.41. The van der Waals surface area contributed by atoms with Gasteiger partial charge in [0.1, 0.15) is 11.8 Å². The number of rotatable bonds is 4. The summed E-state index contributed by atoms with van der Waals surface area (Å²) in [7, 11) is 0. The lowest BCUT2D eigenvalue weighted by atomic mass is 9.76. The molecule has 1 N–H and O–H groups in total. The van der Waals surface area contributed by atoms with Crippen molar-refractivity contribution in [2.45, 2.75) is 49.9 Å². The summed E-state index contributed by atoms with van der Waals surface area (Å²) in [6.07, 6.45) is 0. The van der Waals surface area contributed by atoms with Gasteiger partial charge in [-0.3, -0.25) is 23.7 Å². The first-order valence-electron chi connectivity index (χ1n) is 11.3. The number of aromatic nitrogens is 1. The van der Waals surface area contributed by atoms with Gasteiger partial charge in [-0.1, -0.05) is 72.8 Å². The number of amides is 3. The van der Waals surface area contributed by atoms with E-state index in [1.165, 1.54) is 21.2 Å². The van der Waals surface area contributed by atoms with Crippen molar-refractivity contribution in [3.8, 4) is 0 Å². The molecule has 3 amide bonds. The van der Waals surface area contributed by atoms with Gasteiger partial charge in [-0.15, -0.1) is 0 Å². The summed E-state index contributed by atoms with van der Waals surface area (Å²) in [5, 5.41) is 2.80. The highest BCUT2D eigenvalue weighted by molar-refractivity contribution is 8.00. The molecule has 2 unspecified atom stereocenters. The zero-order chi connectivity index (χ0) is 25.1. The van der Waals surface area contributed by atoms with E-state index in [4.69, 9.17) is 0 Å². The molecule has 9 heteroatoms. The Morgan fingerprint density at radius 1 is 1.00 bits per heavy atom. The van der Waals surface area contributed by atoms with Gasteiger partial charge in [0.25, 0.3) is 0 Å². The highest BCUT2D eigenvalue weighted by Gasteiger charge is 2.59. The molecule has 1 aromatic heterocycles. The van der Waals surface area contributed by atoms with Crippen molar-refractivity contribution in [1.29, 1.82) is 0 Å². The number of hydrogen-bond acceptors (Lipinski definition) is 6. The van der Waals surface area contributed by atoms with E-state index in [9.17, 15) is 19.2 Å². The summed E-state index contributed by atoms with van der Waals surface area (Å²) < 4.78 is 1.43. The van der Waals surface area contributed by atoms with E-state index in [0.717, 1.165) is 27.3 Å². The summed E-state index contributed by atoms with van der Waals surface area (Å²) in [5.41, 5.74) is 2.46. The average Bonchev–Trinajstić information content (AvgIpc) is 3.25. The number of aryl methyl sites for hydroxylation is 2. The number of para-hydroxylation sites is 1. The minimum absolute atomic E-state index is 0.163. The van der Waals surface area contributed by atoms with Crippen LogP contribution >= 0.6 is 23.1 Å². The lowest BCUT2D eigenvalue weighted by molar-refractivity contribution is -0.123. The number of imide groups is 1. The van der Waals surface area contributed by atoms with Crippen LogP contribution < -0.4 is 15.1 Å². The fourth-order valence-corrected chi connectivity index (χ4v) is 7.80. The fourth-order valence-electron chi connectivity index (χ4n) is 4.76. The molecule has 3 heterocycles. The van der Waals surface area contributed by atoms with E-state index in [2.05, 4.69) is 5.32 Å². The summed E-state index contributed by atoms with van der Waals surface area (Å²) in [5.74, 6) is -1.46. The Morgan fingerprint density at radius 2 is 1.69 bits per heavy atom. The number of fused-ring (bicyclic) bond motifs is 2. The van der Waals surface area contributed by atoms with Crippen LogP contribution in [-0.4, -0.2) is 27.5 Å². The van der Waals surface area contributed by atoms with Crippen LogP contribution in [0.15, 0.2) is 58.4 Å². The molecule has 3 aromatic rings. The average molecular weight is 508 g/mol. The topological polar surface area (TPSA) is 88.5 Å². The van der Waals surface area contributed by atoms with Gasteiger partial charge in [-0.05, 0) is 37.6 Å². The number of nitrogens with one attached hydrogen (secondary N) is 1. The number of hydrogen-bond donors (Lipinski definition) is 1. The molecule has 2 aliphatic heterocycles. The van der Waals surface area contributed by atoms with Gasteiger partial charge in [0.15, 0.2) is 0 Å². The van der Waals surface area contributed by atoms with Crippen LogP contribution in [-0.2, 0) is 26.3 Å². The predicted octanol–water partition coefficient (Wildman–Crippen LogP) is 4.11. The van der Waals surface area contributed by atoms with Crippen LogP contribution in [0.3, 0.4) is 0 Å². The summed E-state index contributed by atoms with van der Waals surface area (Å²) in [6.45, 7) is 7.49.